The molecular weight excluding hydrogens is 442 g/mol. The molecule has 1 amide bonds. The van der Waals surface area contributed by atoms with E-state index in [-0.39, 0.29) is 54.2 Å². The van der Waals surface area contributed by atoms with Gasteiger partial charge >= 0.3 is 5.97 Å². The van der Waals surface area contributed by atoms with E-state index >= 15 is 0 Å². The Morgan fingerprint density at radius 2 is 2.00 bits per heavy atom. The summed E-state index contributed by atoms with van der Waals surface area (Å²) in [5.41, 5.74) is 1.08. The second-order valence-electron chi connectivity index (χ2n) is 10.5. The van der Waals surface area contributed by atoms with Gasteiger partial charge in [-0.3, -0.25) is 9.59 Å². The van der Waals surface area contributed by atoms with E-state index in [2.05, 4.69) is 50.4 Å². The average Bonchev–Trinajstić information content (AvgIpc) is 3.56. The number of rotatable bonds is 9. The van der Waals surface area contributed by atoms with Gasteiger partial charge in [0, 0.05) is 19.3 Å². The molecule has 0 aromatic carbocycles. The van der Waals surface area contributed by atoms with Crippen LogP contribution in [0.3, 0.4) is 0 Å². The number of aliphatic hydroxyl groups is 1. The van der Waals surface area contributed by atoms with Crippen molar-refractivity contribution in [2.24, 2.45) is 17.8 Å². The summed E-state index contributed by atoms with van der Waals surface area (Å²) in [5, 5.41) is 13.3. The number of epoxide rings is 1. The summed E-state index contributed by atoms with van der Waals surface area (Å²) in [5.74, 6) is 0.401. The number of esters is 1. The molecule has 1 saturated heterocycles. The van der Waals surface area contributed by atoms with E-state index in [9.17, 15) is 14.7 Å². The Morgan fingerprint density at radius 3 is 2.69 bits per heavy atom. The van der Waals surface area contributed by atoms with Gasteiger partial charge in [0.15, 0.2) is 0 Å². The van der Waals surface area contributed by atoms with Crippen LogP contribution in [-0.2, 0) is 19.1 Å². The van der Waals surface area contributed by atoms with E-state index in [4.69, 9.17) is 9.47 Å². The lowest BCUT2D eigenvalue weighted by Crippen LogP contribution is -2.39. The van der Waals surface area contributed by atoms with Gasteiger partial charge in [-0.1, -0.05) is 64.0 Å². The minimum atomic E-state index is -0.303. The quantitative estimate of drug-likeness (QED) is 0.200. The van der Waals surface area contributed by atoms with Crippen LogP contribution in [0.2, 0.25) is 0 Å². The van der Waals surface area contributed by atoms with Gasteiger partial charge in [-0.25, -0.2) is 0 Å². The fourth-order valence-corrected chi connectivity index (χ4v) is 4.88. The van der Waals surface area contributed by atoms with Crippen molar-refractivity contribution < 1.29 is 24.2 Å². The van der Waals surface area contributed by atoms with Crippen molar-refractivity contribution in [1.82, 2.24) is 5.32 Å². The number of allylic oxidation sites excluding steroid dienone is 3. The zero-order valence-corrected chi connectivity index (χ0v) is 22.5. The lowest BCUT2D eigenvalue weighted by molar-refractivity contribution is -0.144. The first-order valence-corrected chi connectivity index (χ1v) is 13.5. The smallest absolute Gasteiger partial charge is 0.303 e. The summed E-state index contributed by atoms with van der Waals surface area (Å²) in [7, 11) is 0. The largest absolute Gasteiger partial charge is 0.458 e. The van der Waals surface area contributed by atoms with Gasteiger partial charge in [0.25, 0.3) is 0 Å². The van der Waals surface area contributed by atoms with Gasteiger partial charge in [-0.2, -0.15) is 0 Å². The standard InChI is InChI=1S/C29H47NO5/c1-7-25(32)22(5)29-26(35-29)18-19(2)12-11-13-20(3)28-21(4)16-17-24(34-23(6)31)14-9-8-10-15-27(33)30-28/h11-13,16-17,19,21-22,24-26,28-29,32H,7-10,14-15,18H2,1-6H3,(H,30,33)/b12-11+,17-16+,20-13+/t19-,21+,22-,24?,25+,26-,28-,29-/m1/s1. The molecule has 0 spiro atoms. The third-order valence-corrected chi connectivity index (χ3v) is 7.24. The molecule has 198 valence electrons. The fraction of sp³-hybridized carbons (Fsp3) is 0.724. The lowest BCUT2D eigenvalue weighted by atomic mass is 9.92. The van der Waals surface area contributed by atoms with Crippen molar-refractivity contribution in [3.05, 3.63) is 36.0 Å². The molecule has 0 radical (unpaired) electrons. The van der Waals surface area contributed by atoms with E-state index in [1.807, 2.05) is 19.9 Å². The maximum atomic E-state index is 12.6. The Labute approximate surface area is 212 Å². The number of amides is 1. The molecule has 2 aliphatic heterocycles. The number of carbonyl (C=O) groups excluding carboxylic acids is 2. The number of hydrogen-bond acceptors (Lipinski definition) is 5. The topological polar surface area (TPSA) is 88.2 Å². The highest BCUT2D eigenvalue weighted by atomic mass is 16.6. The fourth-order valence-electron chi connectivity index (χ4n) is 4.88. The number of ether oxygens (including phenoxy) is 2. The highest BCUT2D eigenvalue weighted by Crippen LogP contribution is 2.36. The predicted molar refractivity (Wildman–Crippen MR) is 140 cm³/mol. The van der Waals surface area contributed by atoms with Crippen molar-refractivity contribution >= 4 is 11.9 Å². The molecule has 1 fully saturated rings. The van der Waals surface area contributed by atoms with Gasteiger partial charge in [-0.15, -0.1) is 0 Å². The third kappa shape index (κ3) is 10.3. The van der Waals surface area contributed by atoms with E-state index in [0.29, 0.717) is 12.3 Å². The SMILES string of the molecule is CC[C@H](O)[C@@H](C)[C@H]1O[C@@H]1C[C@H](C)/C=C/C=C(\C)[C@H]1NC(=O)CCCCCC(OC(C)=O)/C=C/[C@@H]1C. The monoisotopic (exact) mass is 489 g/mol. The zero-order valence-electron chi connectivity index (χ0n) is 22.5. The third-order valence-electron chi connectivity index (χ3n) is 7.24. The Kier molecular flexibility index (Phi) is 12.2. The molecule has 0 aliphatic carbocycles. The highest BCUT2D eigenvalue weighted by Gasteiger charge is 2.44. The number of nitrogens with one attached hydrogen (secondary N) is 1. The Bertz CT molecular complexity index is 773. The molecule has 8 atom stereocenters. The van der Waals surface area contributed by atoms with Gasteiger partial charge in [0.1, 0.15) is 6.10 Å². The Morgan fingerprint density at radius 1 is 1.26 bits per heavy atom. The summed E-state index contributed by atoms with van der Waals surface area (Å²) in [6.07, 6.45) is 15.9. The molecule has 35 heavy (non-hydrogen) atoms. The van der Waals surface area contributed by atoms with Crippen molar-refractivity contribution in [3.63, 3.8) is 0 Å². The van der Waals surface area contributed by atoms with Crippen LogP contribution in [0.5, 0.6) is 0 Å². The number of carbonyl (C=O) groups is 2. The normalized spacial score (nSPS) is 32.0. The molecule has 2 N–H and O–H groups in total. The van der Waals surface area contributed by atoms with Crippen LogP contribution < -0.4 is 5.32 Å². The van der Waals surface area contributed by atoms with Crippen LogP contribution in [0, 0.1) is 17.8 Å². The summed E-state index contributed by atoms with van der Waals surface area (Å²) in [4.78, 5) is 24.0. The molecular formula is C29H47NO5. The zero-order chi connectivity index (χ0) is 26.0. The van der Waals surface area contributed by atoms with E-state index in [1.165, 1.54) is 6.92 Å². The van der Waals surface area contributed by atoms with Crippen LogP contribution in [0.15, 0.2) is 36.0 Å². The molecule has 2 aliphatic rings. The maximum absolute atomic E-state index is 12.6. The van der Waals surface area contributed by atoms with Crippen LogP contribution >= 0.6 is 0 Å². The first-order chi connectivity index (χ1) is 16.6. The van der Waals surface area contributed by atoms with Gasteiger partial charge in [0.2, 0.25) is 5.91 Å². The van der Waals surface area contributed by atoms with E-state index < -0.39 is 0 Å². The maximum Gasteiger partial charge on any atom is 0.303 e. The van der Waals surface area contributed by atoms with Crippen LogP contribution in [-0.4, -0.2) is 47.4 Å². The summed E-state index contributed by atoms with van der Waals surface area (Å²) < 4.78 is 11.3. The Hall–Kier alpha value is -1.92. The van der Waals surface area contributed by atoms with Crippen LogP contribution in [0.4, 0.5) is 0 Å². The highest BCUT2D eigenvalue weighted by molar-refractivity contribution is 5.76. The lowest BCUT2D eigenvalue weighted by Gasteiger charge is -2.25. The minimum Gasteiger partial charge on any atom is -0.458 e. The first-order valence-electron chi connectivity index (χ1n) is 13.5. The second kappa shape index (κ2) is 14.6. The molecule has 0 bridgehead atoms. The van der Waals surface area contributed by atoms with Crippen molar-refractivity contribution in [2.45, 2.75) is 117 Å². The molecule has 6 heteroatoms. The number of hydrogen-bond donors (Lipinski definition) is 2. The summed E-state index contributed by atoms with van der Waals surface area (Å²) in [6, 6.07) is -0.122. The summed E-state index contributed by atoms with van der Waals surface area (Å²) >= 11 is 0. The van der Waals surface area contributed by atoms with Crippen molar-refractivity contribution in [1.29, 1.82) is 0 Å². The molecule has 2 rings (SSSR count). The van der Waals surface area contributed by atoms with E-state index in [1.54, 1.807) is 0 Å². The van der Waals surface area contributed by atoms with E-state index in [0.717, 1.165) is 44.1 Å². The van der Waals surface area contributed by atoms with Crippen LogP contribution in [0.25, 0.3) is 0 Å². The number of aliphatic hydroxyl groups excluding tert-OH is 1. The predicted octanol–water partition coefficient (Wildman–Crippen LogP) is 5.26. The van der Waals surface area contributed by atoms with Crippen molar-refractivity contribution in [2.75, 3.05) is 0 Å². The molecule has 2 heterocycles. The summed E-state index contributed by atoms with van der Waals surface area (Å²) in [6.45, 7) is 11.8. The molecule has 1 unspecified atom stereocenters. The average molecular weight is 490 g/mol. The minimum absolute atomic E-state index is 0.0608. The molecule has 0 saturated carbocycles. The Balaban J connectivity index is 2.00. The molecule has 0 aromatic rings. The molecule has 0 aromatic heterocycles. The van der Waals surface area contributed by atoms with Gasteiger partial charge in [-0.05, 0) is 56.9 Å². The first kappa shape index (κ1) is 29.3. The molecule has 6 nitrogen and oxygen atoms in total. The van der Waals surface area contributed by atoms with Gasteiger partial charge in [0.05, 0.1) is 24.4 Å². The van der Waals surface area contributed by atoms with Gasteiger partial charge < -0.3 is 19.9 Å². The van der Waals surface area contributed by atoms with Crippen molar-refractivity contribution in [3.8, 4) is 0 Å². The van der Waals surface area contributed by atoms with Crippen LogP contribution in [0.1, 0.15) is 86.5 Å². The second-order valence-corrected chi connectivity index (χ2v) is 10.5.